The van der Waals surface area contributed by atoms with Crippen molar-refractivity contribution in [1.29, 1.82) is 0 Å². The van der Waals surface area contributed by atoms with Crippen LogP contribution in [-0.2, 0) is 18.2 Å². The molecule has 0 aromatic carbocycles. The number of unbranched alkanes of at least 4 members (excludes halogenated alkanes) is 13. The van der Waals surface area contributed by atoms with Crippen LogP contribution in [0.3, 0.4) is 0 Å². The Kier molecular flexibility index (Phi) is 21.8. The molecule has 0 aliphatic carbocycles. The molecule has 1 N–H and O–H groups in total. The first-order valence-electron chi connectivity index (χ1n) is 12.0. The molecule has 0 bridgehead atoms. The minimum atomic E-state index is -3.49. The average Bonchev–Trinajstić information content (AvgIpc) is 2.69. The molecular formula is C22H48NO4P. The van der Waals surface area contributed by atoms with Crippen LogP contribution >= 0.6 is 7.82 Å². The van der Waals surface area contributed by atoms with Gasteiger partial charge in [-0.3, -0.25) is 9.05 Å². The molecule has 28 heavy (non-hydrogen) atoms. The Morgan fingerprint density at radius 1 is 0.571 bits per heavy atom. The van der Waals surface area contributed by atoms with Crippen LogP contribution in [0.15, 0.2) is 0 Å². The van der Waals surface area contributed by atoms with Gasteiger partial charge < -0.3 is 0 Å². The minimum absolute atomic E-state index is 0.405. The lowest BCUT2D eigenvalue weighted by Crippen LogP contribution is -2.17. The van der Waals surface area contributed by atoms with Crippen molar-refractivity contribution >= 4 is 7.82 Å². The SMILES string of the molecule is CCCCCCCCCCCCNOP(=O)(OCCCC)OCCCCCC. The van der Waals surface area contributed by atoms with Gasteiger partial charge in [0.15, 0.2) is 0 Å². The molecule has 0 aliphatic rings. The van der Waals surface area contributed by atoms with E-state index in [2.05, 4.69) is 26.3 Å². The summed E-state index contributed by atoms with van der Waals surface area (Å²) in [6, 6.07) is 0. The number of nitrogens with one attached hydrogen (secondary N) is 1. The average molecular weight is 422 g/mol. The van der Waals surface area contributed by atoms with E-state index in [0.717, 1.165) is 32.1 Å². The second-order valence-electron chi connectivity index (χ2n) is 7.70. The lowest BCUT2D eigenvalue weighted by molar-refractivity contribution is 0.0691. The smallest absolute Gasteiger partial charge is 0.286 e. The number of rotatable bonds is 23. The van der Waals surface area contributed by atoms with Crippen molar-refractivity contribution in [3.8, 4) is 0 Å². The summed E-state index contributed by atoms with van der Waals surface area (Å²) < 4.78 is 28.9. The fourth-order valence-corrected chi connectivity index (χ4v) is 4.06. The van der Waals surface area contributed by atoms with Crippen molar-refractivity contribution in [3.63, 3.8) is 0 Å². The zero-order valence-corrected chi connectivity index (χ0v) is 19.9. The first-order chi connectivity index (χ1) is 13.7. The van der Waals surface area contributed by atoms with E-state index in [1.165, 1.54) is 70.6 Å². The molecule has 170 valence electrons. The molecule has 1 atom stereocenters. The number of hydroxylamine groups is 1. The van der Waals surface area contributed by atoms with Gasteiger partial charge in [-0.15, -0.1) is 0 Å². The van der Waals surface area contributed by atoms with E-state index < -0.39 is 7.82 Å². The topological polar surface area (TPSA) is 56.8 Å². The van der Waals surface area contributed by atoms with Gasteiger partial charge in [-0.05, 0) is 19.3 Å². The molecule has 0 amide bonds. The van der Waals surface area contributed by atoms with E-state index >= 15 is 0 Å². The van der Waals surface area contributed by atoms with Gasteiger partial charge in [0.1, 0.15) is 0 Å². The third kappa shape index (κ3) is 19.4. The van der Waals surface area contributed by atoms with Crippen LogP contribution in [0.2, 0.25) is 0 Å². The van der Waals surface area contributed by atoms with Crippen LogP contribution in [-0.4, -0.2) is 19.8 Å². The summed E-state index contributed by atoms with van der Waals surface area (Å²) in [6.45, 7) is 8.00. The van der Waals surface area contributed by atoms with Gasteiger partial charge in [-0.2, -0.15) is 10.1 Å². The standard InChI is InChI=1S/C22H48NO4P/c1-4-7-10-12-13-14-15-16-17-18-20-23-27-28(24,25-21-9-6-3)26-22-19-11-8-5-2/h23H,4-22H2,1-3H3. The van der Waals surface area contributed by atoms with Crippen molar-refractivity contribution in [1.82, 2.24) is 5.48 Å². The highest BCUT2D eigenvalue weighted by Crippen LogP contribution is 2.48. The van der Waals surface area contributed by atoms with E-state index in [1.54, 1.807) is 0 Å². The summed E-state index contributed by atoms with van der Waals surface area (Å²) in [7, 11) is -3.49. The number of hydrogen-bond acceptors (Lipinski definition) is 5. The summed E-state index contributed by atoms with van der Waals surface area (Å²) in [5, 5.41) is 0. The maximum absolute atomic E-state index is 12.7. The van der Waals surface area contributed by atoms with Crippen LogP contribution in [0, 0.1) is 0 Å². The lowest BCUT2D eigenvalue weighted by Gasteiger charge is -2.18. The third-order valence-electron chi connectivity index (χ3n) is 4.80. The molecule has 0 aliphatic heterocycles. The van der Waals surface area contributed by atoms with E-state index in [9.17, 15) is 4.57 Å². The minimum Gasteiger partial charge on any atom is -0.286 e. The predicted molar refractivity (Wildman–Crippen MR) is 119 cm³/mol. The second kappa shape index (κ2) is 21.8. The first kappa shape index (κ1) is 28.1. The molecule has 0 rings (SSSR count). The predicted octanol–water partition coefficient (Wildman–Crippen LogP) is 7.95. The maximum Gasteiger partial charge on any atom is 0.491 e. The monoisotopic (exact) mass is 421 g/mol. The normalized spacial score (nSPS) is 13.7. The van der Waals surface area contributed by atoms with Crippen LogP contribution in [0.5, 0.6) is 0 Å². The Morgan fingerprint density at radius 2 is 1.00 bits per heavy atom. The van der Waals surface area contributed by atoms with E-state index in [4.69, 9.17) is 13.7 Å². The van der Waals surface area contributed by atoms with E-state index in [-0.39, 0.29) is 0 Å². The van der Waals surface area contributed by atoms with Crippen LogP contribution in [0.25, 0.3) is 0 Å². The van der Waals surface area contributed by atoms with Crippen LogP contribution in [0.1, 0.15) is 124 Å². The molecule has 0 heterocycles. The highest BCUT2D eigenvalue weighted by Gasteiger charge is 2.26. The summed E-state index contributed by atoms with van der Waals surface area (Å²) in [5.41, 5.74) is 2.82. The second-order valence-corrected chi connectivity index (χ2v) is 9.29. The Balaban J connectivity index is 3.75. The van der Waals surface area contributed by atoms with Gasteiger partial charge >= 0.3 is 7.82 Å². The summed E-state index contributed by atoms with van der Waals surface area (Å²) in [6.07, 6.45) is 19.1. The van der Waals surface area contributed by atoms with Crippen molar-refractivity contribution in [2.24, 2.45) is 0 Å². The van der Waals surface area contributed by atoms with E-state index in [1.807, 2.05) is 0 Å². The van der Waals surface area contributed by atoms with Crippen LogP contribution < -0.4 is 5.48 Å². The van der Waals surface area contributed by atoms with Gasteiger partial charge in [0.05, 0.1) is 13.2 Å². The molecule has 0 spiro atoms. The molecule has 5 nitrogen and oxygen atoms in total. The summed E-state index contributed by atoms with van der Waals surface area (Å²) in [4.78, 5) is 0. The molecule has 0 aromatic rings. The quantitative estimate of drug-likeness (QED) is 0.103. The first-order valence-corrected chi connectivity index (χ1v) is 13.4. The van der Waals surface area contributed by atoms with Gasteiger partial charge in [-0.1, -0.05) is 104 Å². The third-order valence-corrected chi connectivity index (χ3v) is 6.15. The molecule has 1 unspecified atom stereocenters. The van der Waals surface area contributed by atoms with Crippen molar-refractivity contribution < 1.29 is 18.2 Å². The number of phosphoric ester groups is 1. The van der Waals surface area contributed by atoms with Gasteiger partial charge in [0.25, 0.3) is 0 Å². The number of phosphoric acid groups is 1. The maximum atomic E-state index is 12.7. The van der Waals surface area contributed by atoms with E-state index in [0.29, 0.717) is 19.8 Å². The van der Waals surface area contributed by atoms with Gasteiger partial charge in [0.2, 0.25) is 0 Å². The highest BCUT2D eigenvalue weighted by atomic mass is 31.2. The molecular weight excluding hydrogens is 373 g/mol. The lowest BCUT2D eigenvalue weighted by atomic mass is 10.1. The van der Waals surface area contributed by atoms with Gasteiger partial charge in [-0.25, -0.2) is 4.57 Å². The highest BCUT2D eigenvalue weighted by molar-refractivity contribution is 7.48. The number of hydrogen-bond donors (Lipinski definition) is 1. The van der Waals surface area contributed by atoms with Crippen molar-refractivity contribution in [2.75, 3.05) is 19.8 Å². The Labute approximate surface area is 175 Å². The zero-order valence-electron chi connectivity index (χ0n) is 19.0. The van der Waals surface area contributed by atoms with Gasteiger partial charge in [0, 0.05) is 6.54 Å². The fraction of sp³-hybridized carbons (Fsp3) is 1.00. The Hall–Kier alpha value is 0.0700. The molecule has 0 aromatic heterocycles. The van der Waals surface area contributed by atoms with Crippen molar-refractivity contribution in [2.45, 2.75) is 124 Å². The molecule has 0 fully saturated rings. The largest absolute Gasteiger partial charge is 0.491 e. The Bertz CT molecular complexity index is 355. The fourth-order valence-electron chi connectivity index (χ4n) is 2.93. The summed E-state index contributed by atoms with van der Waals surface area (Å²) in [5.74, 6) is 0. The molecule has 0 radical (unpaired) electrons. The zero-order chi connectivity index (χ0) is 20.8. The molecule has 0 saturated heterocycles. The Morgan fingerprint density at radius 3 is 1.54 bits per heavy atom. The summed E-state index contributed by atoms with van der Waals surface area (Å²) >= 11 is 0. The molecule has 0 saturated carbocycles. The van der Waals surface area contributed by atoms with Crippen molar-refractivity contribution in [3.05, 3.63) is 0 Å². The van der Waals surface area contributed by atoms with Crippen LogP contribution in [0.4, 0.5) is 0 Å². The molecule has 6 heteroatoms.